The van der Waals surface area contributed by atoms with Crippen molar-refractivity contribution in [1.82, 2.24) is 0 Å². The summed E-state index contributed by atoms with van der Waals surface area (Å²) < 4.78 is 0. The van der Waals surface area contributed by atoms with Crippen molar-refractivity contribution in [3.63, 3.8) is 0 Å². The highest BCUT2D eigenvalue weighted by Crippen LogP contribution is 2.05. The van der Waals surface area contributed by atoms with Gasteiger partial charge in [0.05, 0.1) is 0 Å². The summed E-state index contributed by atoms with van der Waals surface area (Å²) in [5.41, 5.74) is 0. The molecule has 0 radical (unpaired) electrons. The maximum absolute atomic E-state index is 9.98. The van der Waals surface area contributed by atoms with Crippen LogP contribution in [0.15, 0.2) is 0 Å². The minimum atomic E-state index is -0.685. The molecule has 3 nitrogen and oxygen atoms in total. The molecular weight excluding hydrogens is 156 g/mol. The predicted molar refractivity (Wildman–Crippen MR) is 49.1 cm³/mol. The Bertz CT molecular complexity index is 99.9. The summed E-state index contributed by atoms with van der Waals surface area (Å²) in [6.07, 6.45) is 2.15. The van der Waals surface area contributed by atoms with Gasteiger partial charge in [-0.15, -0.1) is 0 Å². The Kier molecular flexibility index (Phi) is 12.2. The molecule has 0 heterocycles. The van der Waals surface area contributed by atoms with Crippen molar-refractivity contribution in [2.75, 3.05) is 6.61 Å². The summed E-state index contributed by atoms with van der Waals surface area (Å²) in [4.78, 5) is 9.98. The molecule has 0 spiro atoms. The van der Waals surface area contributed by atoms with Crippen LogP contribution >= 0.6 is 0 Å². The highest BCUT2D eigenvalue weighted by atomic mass is 16.4. The molecule has 0 amide bonds. The molecule has 0 aromatic rings. The zero-order valence-electron chi connectivity index (χ0n) is 8.21. The molecule has 0 aromatic heterocycles. The van der Waals surface area contributed by atoms with E-state index in [4.69, 9.17) is 10.2 Å². The number of hydrogen-bond donors (Lipinski definition) is 2. The van der Waals surface area contributed by atoms with E-state index >= 15 is 0 Å². The molecule has 2 N–H and O–H groups in total. The first-order valence-corrected chi connectivity index (χ1v) is 4.37. The third-order valence-electron chi connectivity index (χ3n) is 1.17. The second-order valence-corrected chi connectivity index (χ2v) is 3.00. The number of aliphatic carboxylic acids is 1. The highest BCUT2D eigenvalue weighted by Gasteiger charge is 1.97. The lowest BCUT2D eigenvalue weighted by atomic mass is 10.1. The van der Waals surface area contributed by atoms with Crippen molar-refractivity contribution in [1.29, 1.82) is 0 Å². The number of carboxylic acid groups (broad SMARTS) is 1. The predicted octanol–water partition coefficient (Wildman–Crippen LogP) is 1.90. The average molecular weight is 176 g/mol. The lowest BCUT2D eigenvalue weighted by Crippen LogP contribution is -1.95. The quantitative estimate of drug-likeness (QED) is 0.687. The monoisotopic (exact) mass is 176 g/mol. The van der Waals surface area contributed by atoms with Gasteiger partial charge in [0.1, 0.15) is 0 Å². The zero-order chi connectivity index (χ0) is 9.98. The van der Waals surface area contributed by atoms with E-state index < -0.39 is 5.97 Å². The van der Waals surface area contributed by atoms with Crippen molar-refractivity contribution in [3.05, 3.63) is 0 Å². The Hall–Kier alpha value is -0.570. The maximum atomic E-state index is 9.98. The topological polar surface area (TPSA) is 57.5 Å². The lowest BCUT2D eigenvalue weighted by molar-refractivity contribution is -0.137. The first-order chi connectivity index (χ1) is 5.54. The van der Waals surface area contributed by atoms with Crippen LogP contribution in [0.25, 0.3) is 0 Å². The Labute approximate surface area is 74.4 Å². The molecule has 0 fully saturated rings. The van der Waals surface area contributed by atoms with E-state index in [-0.39, 0.29) is 6.61 Å². The SMILES string of the molecule is CC(C)CCCC(=O)O.CCO. The Morgan fingerprint density at radius 1 is 1.42 bits per heavy atom. The molecule has 0 atom stereocenters. The molecule has 0 aliphatic heterocycles. The van der Waals surface area contributed by atoms with Crippen molar-refractivity contribution in [2.45, 2.75) is 40.0 Å². The normalized spacial score (nSPS) is 9.08. The van der Waals surface area contributed by atoms with Crippen LogP contribution in [0, 0.1) is 5.92 Å². The lowest BCUT2D eigenvalue weighted by Gasteiger charge is -1.99. The molecule has 3 heteroatoms. The number of aliphatic hydroxyl groups excluding tert-OH is 1. The first kappa shape index (κ1) is 14.0. The van der Waals surface area contributed by atoms with Crippen LogP contribution in [0.1, 0.15) is 40.0 Å². The second-order valence-electron chi connectivity index (χ2n) is 3.00. The van der Waals surface area contributed by atoms with Crippen LogP contribution in [-0.4, -0.2) is 22.8 Å². The van der Waals surface area contributed by atoms with Gasteiger partial charge in [-0.2, -0.15) is 0 Å². The van der Waals surface area contributed by atoms with E-state index in [2.05, 4.69) is 13.8 Å². The van der Waals surface area contributed by atoms with Gasteiger partial charge in [0.25, 0.3) is 0 Å². The molecule has 74 valence electrons. The van der Waals surface area contributed by atoms with Crippen LogP contribution in [0.4, 0.5) is 0 Å². The van der Waals surface area contributed by atoms with Crippen molar-refractivity contribution in [2.24, 2.45) is 5.92 Å². The molecule has 0 saturated carbocycles. The fourth-order valence-electron chi connectivity index (χ4n) is 0.662. The Balaban J connectivity index is 0. The number of rotatable bonds is 4. The van der Waals surface area contributed by atoms with Gasteiger partial charge < -0.3 is 10.2 Å². The summed E-state index contributed by atoms with van der Waals surface area (Å²) in [5.74, 6) is -0.0556. The van der Waals surface area contributed by atoms with Gasteiger partial charge in [0, 0.05) is 13.0 Å². The third kappa shape index (κ3) is 22.7. The molecule has 0 aromatic carbocycles. The number of aliphatic hydroxyl groups is 1. The van der Waals surface area contributed by atoms with Gasteiger partial charge in [0.2, 0.25) is 0 Å². The van der Waals surface area contributed by atoms with E-state index in [1.54, 1.807) is 6.92 Å². The number of carboxylic acids is 1. The summed E-state index contributed by atoms with van der Waals surface area (Å²) >= 11 is 0. The van der Waals surface area contributed by atoms with Crippen LogP contribution in [0.3, 0.4) is 0 Å². The average Bonchev–Trinajstić information content (AvgIpc) is 1.87. The minimum Gasteiger partial charge on any atom is -0.481 e. The molecule has 12 heavy (non-hydrogen) atoms. The Morgan fingerprint density at radius 3 is 2.08 bits per heavy atom. The van der Waals surface area contributed by atoms with E-state index in [1.807, 2.05) is 0 Å². The standard InChI is InChI=1S/C7H14O2.C2H6O/c1-6(2)4-3-5-7(8)9;1-2-3/h6H,3-5H2,1-2H3,(H,8,9);3H,2H2,1H3. The van der Waals surface area contributed by atoms with Crippen molar-refractivity contribution < 1.29 is 15.0 Å². The Morgan fingerprint density at radius 2 is 1.83 bits per heavy atom. The molecule has 0 rings (SSSR count). The fraction of sp³-hybridized carbons (Fsp3) is 0.889. The summed E-state index contributed by atoms with van der Waals surface area (Å²) in [7, 11) is 0. The van der Waals surface area contributed by atoms with E-state index in [0.29, 0.717) is 12.3 Å². The van der Waals surface area contributed by atoms with E-state index in [9.17, 15) is 4.79 Å². The molecule has 0 saturated heterocycles. The summed E-state index contributed by atoms with van der Waals surface area (Å²) in [5, 5.41) is 15.8. The van der Waals surface area contributed by atoms with Gasteiger partial charge in [-0.1, -0.05) is 20.3 Å². The second kappa shape index (κ2) is 10.4. The molecule has 0 bridgehead atoms. The van der Waals surface area contributed by atoms with Crippen molar-refractivity contribution in [3.8, 4) is 0 Å². The molecule has 0 aliphatic rings. The number of carbonyl (C=O) groups is 1. The van der Waals surface area contributed by atoms with E-state index in [1.165, 1.54) is 0 Å². The van der Waals surface area contributed by atoms with Gasteiger partial charge in [-0.3, -0.25) is 4.79 Å². The highest BCUT2D eigenvalue weighted by molar-refractivity contribution is 5.66. The first-order valence-electron chi connectivity index (χ1n) is 4.37. The van der Waals surface area contributed by atoms with Crippen LogP contribution < -0.4 is 0 Å². The minimum absolute atomic E-state index is 0.250. The summed E-state index contributed by atoms with van der Waals surface area (Å²) in [6, 6.07) is 0. The zero-order valence-corrected chi connectivity index (χ0v) is 8.21. The largest absolute Gasteiger partial charge is 0.481 e. The van der Waals surface area contributed by atoms with Crippen LogP contribution in [0.5, 0.6) is 0 Å². The molecule has 0 unspecified atom stereocenters. The number of hydrogen-bond acceptors (Lipinski definition) is 2. The van der Waals surface area contributed by atoms with E-state index in [0.717, 1.165) is 12.8 Å². The van der Waals surface area contributed by atoms with Gasteiger partial charge in [-0.05, 0) is 19.3 Å². The van der Waals surface area contributed by atoms with Gasteiger partial charge in [-0.25, -0.2) is 0 Å². The molecular formula is C9H20O3. The smallest absolute Gasteiger partial charge is 0.303 e. The fourth-order valence-corrected chi connectivity index (χ4v) is 0.662. The third-order valence-corrected chi connectivity index (χ3v) is 1.17. The van der Waals surface area contributed by atoms with Gasteiger partial charge >= 0.3 is 5.97 Å². The van der Waals surface area contributed by atoms with Crippen LogP contribution in [0.2, 0.25) is 0 Å². The van der Waals surface area contributed by atoms with Crippen LogP contribution in [-0.2, 0) is 4.79 Å². The maximum Gasteiger partial charge on any atom is 0.303 e. The van der Waals surface area contributed by atoms with Crippen molar-refractivity contribution >= 4 is 5.97 Å². The summed E-state index contributed by atoms with van der Waals surface area (Å²) in [6.45, 7) is 6.13. The molecule has 0 aliphatic carbocycles. The van der Waals surface area contributed by atoms with Gasteiger partial charge in [0.15, 0.2) is 0 Å².